The van der Waals surface area contributed by atoms with Gasteiger partial charge in [0.15, 0.2) is 11.5 Å². The molecule has 0 saturated heterocycles. The third kappa shape index (κ3) is 3.94. The van der Waals surface area contributed by atoms with Gasteiger partial charge in [-0.15, -0.1) is 5.10 Å². The van der Waals surface area contributed by atoms with Crippen molar-refractivity contribution in [3.8, 4) is 28.9 Å². The van der Waals surface area contributed by atoms with Crippen molar-refractivity contribution in [1.29, 1.82) is 0 Å². The number of hydrogen-bond acceptors (Lipinski definition) is 7. The van der Waals surface area contributed by atoms with Gasteiger partial charge in [-0.2, -0.15) is 5.10 Å². The van der Waals surface area contributed by atoms with Gasteiger partial charge in [0, 0.05) is 6.42 Å². The lowest BCUT2D eigenvalue weighted by atomic mass is 9.84. The SMILES string of the molecule is COc1ccc(Cc2nc3c4c(ncn3n2)Oc2c(c(C)nn2-c2ccccc2)C4c2ccc(OC)cc2)cc1. The van der Waals surface area contributed by atoms with Crippen LogP contribution in [0.25, 0.3) is 11.3 Å². The molecule has 6 aromatic rings. The van der Waals surface area contributed by atoms with Crippen LogP contribution in [0.2, 0.25) is 0 Å². The van der Waals surface area contributed by atoms with Crippen molar-refractivity contribution < 1.29 is 14.2 Å². The molecule has 0 spiro atoms. The van der Waals surface area contributed by atoms with Crippen LogP contribution in [0.5, 0.6) is 23.3 Å². The van der Waals surface area contributed by atoms with E-state index in [4.69, 9.17) is 34.4 Å². The van der Waals surface area contributed by atoms with E-state index in [0.717, 1.165) is 45.1 Å². The molecule has 0 fully saturated rings. The summed E-state index contributed by atoms with van der Waals surface area (Å²) in [6, 6.07) is 26.0. The molecule has 3 aromatic carbocycles. The fourth-order valence-electron chi connectivity index (χ4n) is 5.30. The van der Waals surface area contributed by atoms with Gasteiger partial charge in [-0.25, -0.2) is 19.2 Å². The van der Waals surface area contributed by atoms with Crippen LogP contribution in [-0.4, -0.2) is 43.6 Å². The Labute approximate surface area is 230 Å². The summed E-state index contributed by atoms with van der Waals surface area (Å²) in [6.45, 7) is 2.01. The third-order valence-corrected chi connectivity index (χ3v) is 7.24. The summed E-state index contributed by atoms with van der Waals surface area (Å²) in [5.74, 6) is 3.20. The number of benzene rings is 3. The minimum Gasteiger partial charge on any atom is -0.497 e. The van der Waals surface area contributed by atoms with E-state index in [2.05, 4.69) is 12.1 Å². The summed E-state index contributed by atoms with van der Waals surface area (Å²) in [6.07, 6.45) is 2.23. The van der Waals surface area contributed by atoms with Crippen LogP contribution >= 0.6 is 0 Å². The van der Waals surface area contributed by atoms with E-state index >= 15 is 0 Å². The van der Waals surface area contributed by atoms with Gasteiger partial charge >= 0.3 is 0 Å². The molecule has 0 saturated carbocycles. The summed E-state index contributed by atoms with van der Waals surface area (Å²) < 4.78 is 20.8. The Balaban J connectivity index is 1.39. The number of hydrogen-bond donors (Lipinski definition) is 0. The van der Waals surface area contributed by atoms with Gasteiger partial charge in [-0.3, -0.25) is 0 Å². The van der Waals surface area contributed by atoms with Gasteiger partial charge in [0.1, 0.15) is 17.8 Å². The Hall–Kier alpha value is -5.18. The monoisotopic (exact) mass is 530 g/mol. The third-order valence-electron chi connectivity index (χ3n) is 7.24. The maximum atomic E-state index is 6.51. The standard InChI is InChI=1S/C31H26N6O3/c1-19-26-27(21-11-15-24(39-3)16-12-21)28-29-33-25(17-20-9-13-23(38-2)14-10-20)35-36(29)18-32-30(28)40-31(26)37(34-19)22-7-5-4-6-8-22/h4-16,18,27H,17H2,1-3H3. The average Bonchev–Trinajstić information content (AvgIpc) is 3.57. The lowest BCUT2D eigenvalue weighted by Gasteiger charge is -2.26. The average molecular weight is 531 g/mol. The predicted molar refractivity (Wildman–Crippen MR) is 149 cm³/mol. The highest BCUT2D eigenvalue weighted by atomic mass is 16.5. The van der Waals surface area contributed by atoms with E-state index in [9.17, 15) is 0 Å². The molecule has 0 amide bonds. The molecule has 40 heavy (non-hydrogen) atoms. The fraction of sp³-hybridized carbons (Fsp3) is 0.161. The molecule has 0 bridgehead atoms. The van der Waals surface area contributed by atoms with Crippen molar-refractivity contribution in [2.45, 2.75) is 19.3 Å². The van der Waals surface area contributed by atoms with Crippen LogP contribution in [0.3, 0.4) is 0 Å². The number of aryl methyl sites for hydroxylation is 1. The first kappa shape index (κ1) is 23.9. The predicted octanol–water partition coefficient (Wildman–Crippen LogP) is 5.51. The number of nitrogens with zero attached hydrogens (tertiary/aromatic N) is 6. The zero-order valence-electron chi connectivity index (χ0n) is 22.3. The lowest BCUT2D eigenvalue weighted by molar-refractivity contribution is 0.402. The molecule has 0 radical (unpaired) electrons. The van der Waals surface area contributed by atoms with Crippen molar-refractivity contribution in [2.75, 3.05) is 14.2 Å². The highest BCUT2D eigenvalue weighted by Crippen LogP contribution is 2.49. The molecule has 9 heteroatoms. The summed E-state index contributed by atoms with van der Waals surface area (Å²) in [5.41, 5.74) is 6.44. The minimum absolute atomic E-state index is 0.226. The number of rotatable bonds is 6. The highest BCUT2D eigenvalue weighted by molar-refractivity contribution is 5.66. The molecule has 1 unspecified atom stereocenters. The first-order valence-corrected chi connectivity index (χ1v) is 13.0. The van der Waals surface area contributed by atoms with Crippen molar-refractivity contribution in [3.05, 3.63) is 119 Å². The van der Waals surface area contributed by atoms with Gasteiger partial charge in [-0.1, -0.05) is 42.5 Å². The van der Waals surface area contributed by atoms with Crippen LogP contribution in [0.15, 0.2) is 85.2 Å². The summed E-state index contributed by atoms with van der Waals surface area (Å²) >= 11 is 0. The summed E-state index contributed by atoms with van der Waals surface area (Å²) in [5, 5.41) is 9.66. The Morgan fingerprint density at radius 3 is 2.23 bits per heavy atom. The largest absolute Gasteiger partial charge is 0.497 e. The molecular formula is C31H26N6O3. The topological polar surface area (TPSA) is 88.6 Å². The second-order valence-electron chi connectivity index (χ2n) is 9.64. The van der Waals surface area contributed by atoms with Gasteiger partial charge in [0.25, 0.3) is 0 Å². The van der Waals surface area contributed by atoms with Gasteiger partial charge in [-0.05, 0) is 54.4 Å². The van der Waals surface area contributed by atoms with E-state index in [1.54, 1.807) is 25.1 Å². The molecule has 4 heterocycles. The van der Waals surface area contributed by atoms with Gasteiger partial charge in [0.05, 0.1) is 42.6 Å². The van der Waals surface area contributed by atoms with E-state index in [-0.39, 0.29) is 5.92 Å². The van der Waals surface area contributed by atoms with Crippen molar-refractivity contribution in [2.24, 2.45) is 0 Å². The zero-order chi connectivity index (χ0) is 27.2. The minimum atomic E-state index is -0.226. The van der Waals surface area contributed by atoms with Gasteiger partial charge < -0.3 is 14.2 Å². The Bertz CT molecular complexity index is 1830. The first-order chi connectivity index (χ1) is 19.6. The van der Waals surface area contributed by atoms with Crippen LogP contribution in [0, 0.1) is 6.92 Å². The molecule has 1 atom stereocenters. The van der Waals surface area contributed by atoms with E-state index in [0.29, 0.717) is 29.7 Å². The second-order valence-corrected chi connectivity index (χ2v) is 9.64. The van der Waals surface area contributed by atoms with Crippen molar-refractivity contribution in [3.63, 3.8) is 0 Å². The fourth-order valence-corrected chi connectivity index (χ4v) is 5.30. The zero-order valence-corrected chi connectivity index (χ0v) is 22.3. The normalized spacial score (nSPS) is 13.9. The van der Waals surface area contributed by atoms with Crippen LogP contribution in [0.4, 0.5) is 0 Å². The lowest BCUT2D eigenvalue weighted by Crippen LogP contribution is -2.16. The molecule has 0 N–H and O–H groups in total. The molecule has 7 rings (SSSR count). The Morgan fingerprint density at radius 2 is 1.52 bits per heavy atom. The second kappa shape index (κ2) is 9.53. The van der Waals surface area contributed by atoms with Crippen LogP contribution in [-0.2, 0) is 6.42 Å². The molecule has 3 aromatic heterocycles. The number of ether oxygens (including phenoxy) is 3. The Kier molecular flexibility index (Phi) is 5.70. The van der Waals surface area contributed by atoms with Gasteiger partial charge in [0.2, 0.25) is 11.8 Å². The maximum absolute atomic E-state index is 6.51. The number of fused-ring (bicyclic) bond motifs is 4. The van der Waals surface area contributed by atoms with Crippen LogP contribution < -0.4 is 14.2 Å². The highest BCUT2D eigenvalue weighted by Gasteiger charge is 2.38. The molecule has 9 nitrogen and oxygen atoms in total. The number of aromatic nitrogens is 6. The smallest absolute Gasteiger partial charge is 0.230 e. The number of para-hydroxylation sites is 1. The summed E-state index contributed by atoms with van der Waals surface area (Å²) in [7, 11) is 3.33. The molecule has 1 aliphatic rings. The Morgan fingerprint density at radius 1 is 0.825 bits per heavy atom. The number of methoxy groups -OCH3 is 2. The molecular weight excluding hydrogens is 504 g/mol. The van der Waals surface area contributed by atoms with E-state index in [1.807, 2.05) is 78.3 Å². The molecule has 198 valence electrons. The van der Waals surface area contributed by atoms with Crippen LogP contribution in [0.1, 0.15) is 39.7 Å². The maximum Gasteiger partial charge on any atom is 0.230 e. The van der Waals surface area contributed by atoms with Crippen molar-refractivity contribution in [1.82, 2.24) is 29.4 Å². The van der Waals surface area contributed by atoms with E-state index in [1.165, 1.54) is 0 Å². The first-order valence-electron chi connectivity index (χ1n) is 13.0. The quantitative estimate of drug-likeness (QED) is 0.280. The summed E-state index contributed by atoms with van der Waals surface area (Å²) in [4.78, 5) is 9.69. The molecule has 0 aliphatic carbocycles. The van der Waals surface area contributed by atoms with E-state index < -0.39 is 0 Å². The molecule has 1 aliphatic heterocycles. The van der Waals surface area contributed by atoms with Crippen molar-refractivity contribution >= 4 is 5.65 Å².